The Balaban J connectivity index is 1.80. The lowest BCUT2D eigenvalue weighted by Crippen LogP contribution is -2.23. The molecule has 0 aliphatic heterocycles. The van der Waals surface area contributed by atoms with E-state index in [9.17, 15) is 4.79 Å². The van der Waals surface area contributed by atoms with E-state index in [4.69, 9.17) is 4.74 Å². The number of carbonyl (C=O) groups excluding carboxylic acids is 1. The zero-order valence-corrected chi connectivity index (χ0v) is 12.0. The Morgan fingerprint density at radius 1 is 1.16 bits per heavy atom. The number of ether oxygens (including phenoxy) is 1. The van der Waals surface area contributed by atoms with Crippen LogP contribution in [-0.2, 0) is 11.2 Å². The molecule has 0 atom stereocenters. The van der Waals surface area contributed by atoms with Gasteiger partial charge in [-0.2, -0.15) is 0 Å². The molecule has 2 rings (SSSR count). The Labute approximate surface area is 116 Å². The predicted molar refractivity (Wildman–Crippen MR) is 77.5 cm³/mol. The van der Waals surface area contributed by atoms with E-state index >= 15 is 0 Å². The molecule has 104 valence electrons. The van der Waals surface area contributed by atoms with Gasteiger partial charge in [0.25, 0.3) is 0 Å². The van der Waals surface area contributed by atoms with Gasteiger partial charge in [0.2, 0.25) is 0 Å². The fourth-order valence-corrected chi connectivity index (χ4v) is 2.60. The molecule has 0 spiro atoms. The number of Topliss-reactive ketones (excluding diaryl/α,β-unsaturated/α-hetero) is 1. The van der Waals surface area contributed by atoms with E-state index in [1.807, 2.05) is 24.3 Å². The first kappa shape index (κ1) is 14.3. The minimum absolute atomic E-state index is 0.0984. The molecule has 0 saturated heterocycles. The number of rotatable bonds is 5. The molecule has 19 heavy (non-hydrogen) atoms. The van der Waals surface area contributed by atoms with Gasteiger partial charge in [-0.1, -0.05) is 38.1 Å². The standard InChI is InChI=1S/C17H24O2/c1-3-14-6-8-15(9-7-14)17(18)12-19-16-10-4-13(2)5-11-16/h6-9,13,16H,3-5,10-12H2,1-2H3. The van der Waals surface area contributed by atoms with Gasteiger partial charge in [0, 0.05) is 5.56 Å². The third kappa shape index (κ3) is 4.17. The molecular weight excluding hydrogens is 236 g/mol. The maximum absolute atomic E-state index is 12.0. The zero-order chi connectivity index (χ0) is 13.7. The first-order chi connectivity index (χ1) is 9.19. The minimum Gasteiger partial charge on any atom is -0.370 e. The van der Waals surface area contributed by atoms with Crippen LogP contribution in [0.3, 0.4) is 0 Å². The summed E-state index contributed by atoms with van der Waals surface area (Å²) in [5.41, 5.74) is 2.03. The molecular formula is C17H24O2. The summed E-state index contributed by atoms with van der Waals surface area (Å²) in [6.07, 6.45) is 5.95. The molecule has 1 fully saturated rings. The molecule has 1 aliphatic carbocycles. The summed E-state index contributed by atoms with van der Waals surface area (Å²) in [7, 11) is 0. The van der Waals surface area contributed by atoms with Crippen LogP contribution in [0.4, 0.5) is 0 Å². The van der Waals surface area contributed by atoms with Crippen LogP contribution >= 0.6 is 0 Å². The molecule has 2 heteroatoms. The van der Waals surface area contributed by atoms with Gasteiger partial charge in [0.1, 0.15) is 6.61 Å². The van der Waals surface area contributed by atoms with Crippen molar-refractivity contribution in [3.8, 4) is 0 Å². The predicted octanol–water partition coefficient (Wildman–Crippen LogP) is 4.03. The summed E-state index contributed by atoms with van der Waals surface area (Å²) in [5.74, 6) is 0.915. The quantitative estimate of drug-likeness (QED) is 0.747. The number of carbonyl (C=O) groups is 1. The molecule has 1 aliphatic rings. The van der Waals surface area contributed by atoms with E-state index in [0.717, 1.165) is 30.7 Å². The van der Waals surface area contributed by atoms with E-state index < -0.39 is 0 Å². The van der Waals surface area contributed by atoms with Crippen LogP contribution in [0.2, 0.25) is 0 Å². The van der Waals surface area contributed by atoms with Crippen LogP contribution in [0.25, 0.3) is 0 Å². The van der Waals surface area contributed by atoms with Crippen LogP contribution in [-0.4, -0.2) is 18.5 Å². The first-order valence-corrected chi connectivity index (χ1v) is 7.42. The summed E-state index contributed by atoms with van der Waals surface area (Å²) in [6.45, 7) is 4.63. The van der Waals surface area contributed by atoms with Gasteiger partial charge in [0.15, 0.2) is 5.78 Å². The van der Waals surface area contributed by atoms with Gasteiger partial charge in [-0.25, -0.2) is 0 Å². The SMILES string of the molecule is CCc1ccc(C(=O)COC2CCC(C)CC2)cc1. The number of ketones is 1. The smallest absolute Gasteiger partial charge is 0.188 e. The summed E-state index contributed by atoms with van der Waals surface area (Å²) < 4.78 is 5.75. The van der Waals surface area contributed by atoms with Crippen molar-refractivity contribution in [1.29, 1.82) is 0 Å². The monoisotopic (exact) mass is 260 g/mol. The van der Waals surface area contributed by atoms with Gasteiger partial charge in [-0.3, -0.25) is 4.79 Å². The summed E-state index contributed by atoms with van der Waals surface area (Å²) >= 11 is 0. The highest BCUT2D eigenvalue weighted by molar-refractivity contribution is 5.97. The summed E-state index contributed by atoms with van der Waals surface area (Å²) in [5, 5.41) is 0. The summed E-state index contributed by atoms with van der Waals surface area (Å²) in [4.78, 5) is 12.0. The van der Waals surface area contributed by atoms with Crippen molar-refractivity contribution < 1.29 is 9.53 Å². The Bertz CT molecular complexity index is 400. The highest BCUT2D eigenvalue weighted by atomic mass is 16.5. The Morgan fingerprint density at radius 3 is 2.37 bits per heavy atom. The third-order valence-electron chi connectivity index (χ3n) is 4.10. The van der Waals surface area contributed by atoms with Gasteiger partial charge < -0.3 is 4.74 Å². The largest absolute Gasteiger partial charge is 0.370 e. The Hall–Kier alpha value is -1.15. The topological polar surface area (TPSA) is 26.3 Å². The minimum atomic E-state index is 0.0984. The number of hydrogen-bond donors (Lipinski definition) is 0. The molecule has 0 aromatic heterocycles. The van der Waals surface area contributed by atoms with Crippen molar-refractivity contribution in [2.75, 3.05) is 6.61 Å². The lowest BCUT2D eigenvalue weighted by Gasteiger charge is -2.25. The van der Waals surface area contributed by atoms with Crippen LogP contribution in [0.1, 0.15) is 55.5 Å². The maximum atomic E-state index is 12.0. The van der Waals surface area contributed by atoms with Crippen molar-refractivity contribution in [2.24, 2.45) is 5.92 Å². The molecule has 0 unspecified atom stereocenters. The van der Waals surface area contributed by atoms with Crippen LogP contribution in [0.15, 0.2) is 24.3 Å². The van der Waals surface area contributed by atoms with Crippen LogP contribution < -0.4 is 0 Å². The van der Waals surface area contributed by atoms with Crippen molar-refractivity contribution in [1.82, 2.24) is 0 Å². The van der Waals surface area contributed by atoms with Crippen LogP contribution in [0, 0.1) is 5.92 Å². The number of hydrogen-bond acceptors (Lipinski definition) is 2. The molecule has 0 N–H and O–H groups in total. The molecule has 1 aromatic carbocycles. The lowest BCUT2D eigenvalue weighted by atomic mass is 9.89. The average Bonchev–Trinajstić information content (AvgIpc) is 2.46. The lowest BCUT2D eigenvalue weighted by molar-refractivity contribution is 0.0217. The fraction of sp³-hybridized carbons (Fsp3) is 0.588. The van der Waals surface area contributed by atoms with Crippen molar-refractivity contribution in [3.63, 3.8) is 0 Å². The first-order valence-electron chi connectivity index (χ1n) is 7.42. The van der Waals surface area contributed by atoms with E-state index in [2.05, 4.69) is 13.8 Å². The number of benzene rings is 1. The second-order valence-electron chi connectivity index (χ2n) is 5.67. The average molecular weight is 260 g/mol. The second kappa shape index (κ2) is 6.85. The maximum Gasteiger partial charge on any atom is 0.188 e. The number of aryl methyl sites for hydroxylation is 1. The molecule has 1 aromatic rings. The molecule has 2 nitrogen and oxygen atoms in total. The van der Waals surface area contributed by atoms with Gasteiger partial charge in [-0.15, -0.1) is 0 Å². The Kier molecular flexibility index (Phi) is 5.15. The van der Waals surface area contributed by atoms with E-state index in [-0.39, 0.29) is 18.5 Å². The highest BCUT2D eigenvalue weighted by Crippen LogP contribution is 2.25. The molecule has 1 saturated carbocycles. The Morgan fingerprint density at radius 2 is 1.79 bits per heavy atom. The van der Waals surface area contributed by atoms with Gasteiger partial charge in [0.05, 0.1) is 6.10 Å². The zero-order valence-electron chi connectivity index (χ0n) is 12.0. The molecule has 0 radical (unpaired) electrons. The highest BCUT2D eigenvalue weighted by Gasteiger charge is 2.19. The third-order valence-corrected chi connectivity index (χ3v) is 4.10. The van der Waals surface area contributed by atoms with E-state index in [0.29, 0.717) is 0 Å². The molecule has 0 bridgehead atoms. The van der Waals surface area contributed by atoms with Crippen molar-refractivity contribution in [2.45, 2.75) is 52.1 Å². The van der Waals surface area contributed by atoms with Gasteiger partial charge in [-0.05, 0) is 43.6 Å². The van der Waals surface area contributed by atoms with E-state index in [1.165, 1.54) is 18.4 Å². The van der Waals surface area contributed by atoms with Crippen molar-refractivity contribution >= 4 is 5.78 Å². The van der Waals surface area contributed by atoms with E-state index in [1.54, 1.807) is 0 Å². The fourth-order valence-electron chi connectivity index (χ4n) is 2.60. The van der Waals surface area contributed by atoms with Crippen LogP contribution in [0.5, 0.6) is 0 Å². The molecule has 0 amide bonds. The second-order valence-corrected chi connectivity index (χ2v) is 5.67. The molecule has 0 heterocycles. The van der Waals surface area contributed by atoms with Gasteiger partial charge >= 0.3 is 0 Å². The van der Waals surface area contributed by atoms with Crippen molar-refractivity contribution in [3.05, 3.63) is 35.4 Å². The summed E-state index contributed by atoms with van der Waals surface area (Å²) in [6, 6.07) is 7.87. The normalized spacial score (nSPS) is 23.3.